The molecule has 1 saturated heterocycles. The van der Waals surface area contributed by atoms with Gasteiger partial charge in [-0.05, 0) is 51.0 Å². The van der Waals surface area contributed by atoms with Gasteiger partial charge in [0.25, 0.3) is 0 Å². The standard InChI is InChI=1S/C17H28N2O/c1-4-14-7-9-15(10-8-14)17(20)13-18(2)12-16-6-5-11-19(16)3/h7-10,16-17,20H,4-6,11-13H2,1-3H3. The normalized spacial score (nSPS) is 21.6. The molecule has 0 bridgehead atoms. The van der Waals surface area contributed by atoms with Gasteiger partial charge in [0, 0.05) is 19.1 Å². The minimum atomic E-state index is -0.391. The minimum Gasteiger partial charge on any atom is -0.387 e. The van der Waals surface area contributed by atoms with Crippen molar-refractivity contribution in [3.63, 3.8) is 0 Å². The Morgan fingerprint density at radius 1 is 1.35 bits per heavy atom. The third-order valence-corrected chi connectivity index (χ3v) is 4.45. The topological polar surface area (TPSA) is 26.7 Å². The monoisotopic (exact) mass is 276 g/mol. The van der Waals surface area contributed by atoms with Crippen LogP contribution in [0.4, 0.5) is 0 Å². The van der Waals surface area contributed by atoms with E-state index in [1.807, 2.05) is 0 Å². The smallest absolute Gasteiger partial charge is 0.0916 e. The summed E-state index contributed by atoms with van der Waals surface area (Å²) in [6, 6.07) is 8.99. The van der Waals surface area contributed by atoms with Crippen molar-refractivity contribution in [2.75, 3.05) is 33.7 Å². The van der Waals surface area contributed by atoms with Gasteiger partial charge in [-0.2, -0.15) is 0 Å². The minimum absolute atomic E-state index is 0.391. The van der Waals surface area contributed by atoms with Gasteiger partial charge in [0.2, 0.25) is 0 Å². The Balaban J connectivity index is 1.84. The quantitative estimate of drug-likeness (QED) is 0.864. The number of rotatable bonds is 6. The molecule has 1 heterocycles. The summed E-state index contributed by atoms with van der Waals surface area (Å²) in [5.74, 6) is 0. The van der Waals surface area contributed by atoms with Crippen molar-refractivity contribution in [1.82, 2.24) is 9.80 Å². The lowest BCUT2D eigenvalue weighted by atomic mass is 10.1. The van der Waals surface area contributed by atoms with E-state index in [0.29, 0.717) is 12.6 Å². The van der Waals surface area contributed by atoms with E-state index in [0.717, 1.165) is 18.5 Å². The SMILES string of the molecule is CCc1ccc(C(O)CN(C)CC2CCCN2C)cc1. The van der Waals surface area contributed by atoms with E-state index in [-0.39, 0.29) is 0 Å². The van der Waals surface area contributed by atoms with Gasteiger partial charge in [0.15, 0.2) is 0 Å². The van der Waals surface area contributed by atoms with Crippen LogP contribution in [0.15, 0.2) is 24.3 Å². The molecule has 1 aromatic carbocycles. The predicted octanol–water partition coefficient (Wildman–Crippen LogP) is 2.31. The van der Waals surface area contributed by atoms with E-state index in [1.165, 1.54) is 24.9 Å². The molecule has 1 aromatic rings. The Kier molecular flexibility index (Phi) is 5.58. The molecule has 0 aromatic heterocycles. The summed E-state index contributed by atoms with van der Waals surface area (Å²) in [6.07, 6.45) is 3.24. The van der Waals surface area contributed by atoms with Crippen LogP contribution in [-0.4, -0.2) is 54.7 Å². The summed E-state index contributed by atoms with van der Waals surface area (Å²) < 4.78 is 0. The third kappa shape index (κ3) is 4.05. The molecule has 20 heavy (non-hydrogen) atoms. The van der Waals surface area contributed by atoms with Gasteiger partial charge in [0.1, 0.15) is 0 Å². The summed E-state index contributed by atoms with van der Waals surface area (Å²) in [6.45, 7) is 5.10. The molecule has 3 nitrogen and oxygen atoms in total. The molecule has 112 valence electrons. The maximum absolute atomic E-state index is 10.3. The molecular formula is C17H28N2O. The summed E-state index contributed by atoms with van der Waals surface area (Å²) in [7, 11) is 4.31. The van der Waals surface area contributed by atoms with E-state index in [9.17, 15) is 5.11 Å². The first-order chi connectivity index (χ1) is 9.60. The lowest BCUT2D eigenvalue weighted by Gasteiger charge is -2.27. The first kappa shape index (κ1) is 15.5. The van der Waals surface area contributed by atoms with Crippen molar-refractivity contribution >= 4 is 0 Å². The zero-order valence-corrected chi connectivity index (χ0v) is 13.0. The van der Waals surface area contributed by atoms with Crippen molar-refractivity contribution in [2.45, 2.75) is 38.3 Å². The maximum atomic E-state index is 10.3. The predicted molar refractivity (Wildman–Crippen MR) is 83.9 cm³/mol. The van der Waals surface area contributed by atoms with Crippen LogP contribution in [-0.2, 0) is 6.42 Å². The van der Waals surface area contributed by atoms with Crippen molar-refractivity contribution in [3.05, 3.63) is 35.4 Å². The fourth-order valence-electron chi connectivity index (χ4n) is 3.02. The Hall–Kier alpha value is -0.900. The molecule has 0 radical (unpaired) electrons. The summed E-state index contributed by atoms with van der Waals surface area (Å²) in [4.78, 5) is 4.68. The molecule has 0 saturated carbocycles. The molecule has 2 atom stereocenters. The molecule has 1 fully saturated rings. The van der Waals surface area contributed by atoms with E-state index in [4.69, 9.17) is 0 Å². The molecule has 0 aliphatic carbocycles. The van der Waals surface area contributed by atoms with E-state index in [1.54, 1.807) is 0 Å². The Morgan fingerprint density at radius 2 is 2.05 bits per heavy atom. The fraction of sp³-hybridized carbons (Fsp3) is 0.647. The third-order valence-electron chi connectivity index (χ3n) is 4.45. The fourth-order valence-corrected chi connectivity index (χ4v) is 3.02. The van der Waals surface area contributed by atoms with Crippen LogP contribution in [0.5, 0.6) is 0 Å². The summed E-state index contributed by atoms with van der Waals surface area (Å²) in [5, 5.41) is 10.3. The van der Waals surface area contributed by atoms with E-state index in [2.05, 4.69) is 55.1 Å². The number of aryl methyl sites for hydroxylation is 1. The largest absolute Gasteiger partial charge is 0.387 e. The van der Waals surface area contributed by atoms with E-state index >= 15 is 0 Å². The number of benzene rings is 1. The summed E-state index contributed by atoms with van der Waals surface area (Å²) >= 11 is 0. The van der Waals surface area contributed by atoms with Crippen LogP contribution >= 0.6 is 0 Å². The molecule has 1 aliphatic heterocycles. The van der Waals surface area contributed by atoms with Gasteiger partial charge < -0.3 is 14.9 Å². The van der Waals surface area contributed by atoms with Crippen LogP contribution in [0, 0.1) is 0 Å². The highest BCUT2D eigenvalue weighted by Gasteiger charge is 2.22. The zero-order valence-electron chi connectivity index (χ0n) is 13.0. The van der Waals surface area contributed by atoms with Crippen molar-refractivity contribution in [1.29, 1.82) is 0 Å². The molecule has 1 aliphatic rings. The van der Waals surface area contributed by atoms with Gasteiger partial charge in [-0.1, -0.05) is 31.2 Å². The van der Waals surface area contributed by atoms with Crippen LogP contribution in [0.1, 0.15) is 37.0 Å². The number of likely N-dealkylation sites (tertiary alicyclic amines) is 1. The number of nitrogens with zero attached hydrogens (tertiary/aromatic N) is 2. The average molecular weight is 276 g/mol. The highest BCUT2D eigenvalue weighted by atomic mass is 16.3. The van der Waals surface area contributed by atoms with Crippen LogP contribution in [0.2, 0.25) is 0 Å². The highest BCUT2D eigenvalue weighted by Crippen LogP contribution is 2.18. The van der Waals surface area contributed by atoms with Gasteiger partial charge in [0.05, 0.1) is 6.10 Å². The second kappa shape index (κ2) is 7.21. The molecule has 1 N–H and O–H groups in total. The van der Waals surface area contributed by atoms with Crippen molar-refractivity contribution in [2.24, 2.45) is 0 Å². The number of aliphatic hydroxyl groups excluding tert-OH is 1. The number of hydrogen-bond acceptors (Lipinski definition) is 3. The maximum Gasteiger partial charge on any atom is 0.0916 e. The van der Waals surface area contributed by atoms with Gasteiger partial charge >= 0.3 is 0 Å². The van der Waals surface area contributed by atoms with Gasteiger partial charge in [-0.25, -0.2) is 0 Å². The Labute approximate surface area is 123 Å². The first-order valence-electron chi connectivity index (χ1n) is 7.75. The van der Waals surface area contributed by atoms with Crippen LogP contribution in [0.25, 0.3) is 0 Å². The van der Waals surface area contributed by atoms with Crippen LogP contribution in [0.3, 0.4) is 0 Å². The molecular weight excluding hydrogens is 248 g/mol. The van der Waals surface area contributed by atoms with Gasteiger partial charge in [-0.3, -0.25) is 0 Å². The van der Waals surface area contributed by atoms with E-state index < -0.39 is 6.10 Å². The van der Waals surface area contributed by atoms with Crippen molar-refractivity contribution < 1.29 is 5.11 Å². The lowest BCUT2D eigenvalue weighted by Crippen LogP contribution is -2.38. The Morgan fingerprint density at radius 3 is 2.60 bits per heavy atom. The lowest BCUT2D eigenvalue weighted by molar-refractivity contribution is 0.113. The molecule has 3 heteroatoms. The second-order valence-corrected chi connectivity index (χ2v) is 6.11. The first-order valence-corrected chi connectivity index (χ1v) is 7.75. The highest BCUT2D eigenvalue weighted by molar-refractivity contribution is 5.24. The second-order valence-electron chi connectivity index (χ2n) is 6.11. The molecule has 0 spiro atoms. The number of aliphatic hydroxyl groups is 1. The molecule has 0 amide bonds. The van der Waals surface area contributed by atoms with Crippen LogP contribution < -0.4 is 0 Å². The molecule has 2 unspecified atom stereocenters. The number of likely N-dealkylation sites (N-methyl/N-ethyl adjacent to an activating group) is 2. The molecule has 2 rings (SSSR count). The van der Waals surface area contributed by atoms with Crippen molar-refractivity contribution in [3.8, 4) is 0 Å². The number of hydrogen-bond donors (Lipinski definition) is 1. The van der Waals surface area contributed by atoms with Gasteiger partial charge in [-0.15, -0.1) is 0 Å². The average Bonchev–Trinajstić information content (AvgIpc) is 2.84. The summed E-state index contributed by atoms with van der Waals surface area (Å²) in [5.41, 5.74) is 2.34. The Bertz CT molecular complexity index is 404. The zero-order chi connectivity index (χ0) is 14.5.